The lowest BCUT2D eigenvalue weighted by atomic mass is 10.1. The molecule has 1 rings (SSSR count). The third-order valence-corrected chi connectivity index (χ3v) is 2.51. The summed E-state index contributed by atoms with van der Waals surface area (Å²) in [6, 6.07) is 4.64. The largest absolute Gasteiger partial charge is 0.350 e. The van der Waals surface area contributed by atoms with Crippen molar-refractivity contribution in [2.75, 3.05) is 0 Å². The Hall–Kier alpha value is -0.900. The van der Waals surface area contributed by atoms with Crippen LogP contribution in [0.25, 0.3) is 0 Å². The fraction of sp³-hybridized carbons (Fsp3) is 0.300. The summed E-state index contributed by atoms with van der Waals surface area (Å²) >= 11 is 3.07. The first-order chi connectivity index (χ1) is 6.50. The van der Waals surface area contributed by atoms with E-state index in [1.165, 1.54) is 13.0 Å². The molecule has 1 aromatic carbocycles. The molecule has 1 aromatic rings. The maximum absolute atomic E-state index is 13.1. The van der Waals surface area contributed by atoms with Gasteiger partial charge in [-0.05, 0) is 40.5 Å². The van der Waals surface area contributed by atoms with Gasteiger partial charge in [0, 0.05) is 6.92 Å². The van der Waals surface area contributed by atoms with Crippen LogP contribution in [0.5, 0.6) is 0 Å². The lowest BCUT2D eigenvalue weighted by molar-refractivity contribution is -0.119. The van der Waals surface area contributed by atoms with Crippen LogP contribution in [0.2, 0.25) is 0 Å². The summed E-state index contributed by atoms with van der Waals surface area (Å²) in [4.78, 5) is 10.8. The van der Waals surface area contributed by atoms with Gasteiger partial charge in [0.1, 0.15) is 5.82 Å². The van der Waals surface area contributed by atoms with Gasteiger partial charge in [-0.3, -0.25) is 4.79 Å². The average Bonchev–Trinajstić information content (AvgIpc) is 2.08. The van der Waals surface area contributed by atoms with Crippen LogP contribution in [0.15, 0.2) is 22.7 Å². The molecule has 0 fully saturated rings. The van der Waals surface area contributed by atoms with E-state index in [4.69, 9.17) is 0 Å². The second-order valence-electron chi connectivity index (χ2n) is 3.10. The quantitative estimate of drug-likeness (QED) is 0.870. The molecule has 0 aliphatic carbocycles. The van der Waals surface area contributed by atoms with Gasteiger partial charge < -0.3 is 5.32 Å². The topological polar surface area (TPSA) is 29.1 Å². The highest BCUT2D eigenvalue weighted by Gasteiger charge is 2.08. The van der Waals surface area contributed by atoms with E-state index in [-0.39, 0.29) is 17.8 Å². The molecule has 0 aliphatic heterocycles. The smallest absolute Gasteiger partial charge is 0.217 e. The van der Waals surface area contributed by atoms with Crippen LogP contribution in [0.4, 0.5) is 4.39 Å². The third kappa shape index (κ3) is 2.80. The summed E-state index contributed by atoms with van der Waals surface area (Å²) in [7, 11) is 0. The molecule has 0 saturated carbocycles. The Labute approximate surface area is 90.6 Å². The summed E-state index contributed by atoms with van der Waals surface area (Å²) in [6.45, 7) is 3.25. The predicted octanol–water partition coefficient (Wildman–Crippen LogP) is 2.79. The zero-order valence-corrected chi connectivity index (χ0v) is 9.56. The highest BCUT2D eigenvalue weighted by atomic mass is 79.9. The fourth-order valence-electron chi connectivity index (χ4n) is 1.17. The molecule has 1 N–H and O–H groups in total. The van der Waals surface area contributed by atoms with Gasteiger partial charge in [0.15, 0.2) is 0 Å². The Kier molecular flexibility index (Phi) is 3.63. The monoisotopic (exact) mass is 259 g/mol. The maximum Gasteiger partial charge on any atom is 0.217 e. The van der Waals surface area contributed by atoms with E-state index in [1.54, 1.807) is 12.1 Å². The average molecular weight is 260 g/mol. The van der Waals surface area contributed by atoms with Crippen molar-refractivity contribution in [3.63, 3.8) is 0 Å². The van der Waals surface area contributed by atoms with Crippen molar-refractivity contribution in [1.82, 2.24) is 5.32 Å². The molecule has 0 unspecified atom stereocenters. The molecular weight excluding hydrogens is 249 g/mol. The number of carbonyl (C=O) groups excluding carboxylic acids is 1. The van der Waals surface area contributed by atoms with Crippen molar-refractivity contribution in [2.45, 2.75) is 19.9 Å². The second-order valence-corrected chi connectivity index (χ2v) is 3.95. The summed E-state index contributed by atoms with van der Waals surface area (Å²) in [5, 5.41) is 2.68. The molecule has 1 atom stereocenters. The third-order valence-electron chi connectivity index (χ3n) is 1.86. The van der Waals surface area contributed by atoms with Crippen molar-refractivity contribution in [3.8, 4) is 0 Å². The predicted molar refractivity (Wildman–Crippen MR) is 56.3 cm³/mol. The fourth-order valence-corrected chi connectivity index (χ4v) is 1.42. The van der Waals surface area contributed by atoms with Crippen molar-refractivity contribution >= 4 is 21.8 Å². The van der Waals surface area contributed by atoms with E-state index < -0.39 is 0 Å². The van der Waals surface area contributed by atoms with Crippen LogP contribution >= 0.6 is 15.9 Å². The summed E-state index contributed by atoms with van der Waals surface area (Å²) in [5.74, 6) is -0.444. The van der Waals surface area contributed by atoms with Crippen molar-refractivity contribution < 1.29 is 9.18 Å². The SMILES string of the molecule is CC(=O)N[C@@H](C)c1ccc(Br)c(F)c1. The van der Waals surface area contributed by atoms with Crippen LogP contribution in [-0.4, -0.2) is 5.91 Å². The van der Waals surface area contributed by atoms with Gasteiger partial charge in [0.25, 0.3) is 0 Å². The lowest BCUT2D eigenvalue weighted by Gasteiger charge is -2.12. The minimum absolute atomic E-state index is 0.124. The van der Waals surface area contributed by atoms with E-state index in [9.17, 15) is 9.18 Å². The van der Waals surface area contributed by atoms with E-state index >= 15 is 0 Å². The molecule has 0 aromatic heterocycles. The van der Waals surface area contributed by atoms with Crippen LogP contribution in [0.3, 0.4) is 0 Å². The van der Waals surface area contributed by atoms with Crippen LogP contribution in [0, 0.1) is 5.82 Å². The number of nitrogens with one attached hydrogen (secondary N) is 1. The molecule has 1 amide bonds. The molecule has 0 aliphatic rings. The number of hydrogen-bond donors (Lipinski definition) is 1. The molecule has 14 heavy (non-hydrogen) atoms. The Morgan fingerprint density at radius 3 is 2.71 bits per heavy atom. The Morgan fingerprint density at radius 1 is 1.57 bits per heavy atom. The maximum atomic E-state index is 13.1. The van der Waals surface area contributed by atoms with E-state index in [0.29, 0.717) is 4.47 Å². The molecule has 76 valence electrons. The number of halogens is 2. The van der Waals surface area contributed by atoms with Gasteiger partial charge in [-0.25, -0.2) is 4.39 Å². The van der Waals surface area contributed by atoms with Crippen LogP contribution < -0.4 is 5.32 Å². The summed E-state index contributed by atoms with van der Waals surface area (Å²) in [6.07, 6.45) is 0. The van der Waals surface area contributed by atoms with Gasteiger partial charge >= 0.3 is 0 Å². The molecule has 2 nitrogen and oxygen atoms in total. The first kappa shape index (κ1) is 11.2. The van der Waals surface area contributed by atoms with Gasteiger partial charge in [-0.15, -0.1) is 0 Å². The number of amides is 1. The van der Waals surface area contributed by atoms with Crippen LogP contribution in [0.1, 0.15) is 25.5 Å². The molecular formula is C10H11BrFNO. The van der Waals surface area contributed by atoms with Gasteiger partial charge in [-0.1, -0.05) is 6.07 Å². The lowest BCUT2D eigenvalue weighted by Crippen LogP contribution is -2.23. The standard InChI is InChI=1S/C10H11BrFNO/c1-6(13-7(2)14)8-3-4-9(11)10(12)5-8/h3-6H,1-2H3,(H,13,14)/t6-/m0/s1. The molecule has 0 saturated heterocycles. The number of carbonyl (C=O) groups is 1. The normalized spacial score (nSPS) is 12.3. The van der Waals surface area contributed by atoms with E-state index in [2.05, 4.69) is 21.2 Å². The van der Waals surface area contributed by atoms with Crippen molar-refractivity contribution in [2.24, 2.45) is 0 Å². The van der Waals surface area contributed by atoms with Gasteiger partial charge in [0.2, 0.25) is 5.91 Å². The molecule has 0 bridgehead atoms. The number of benzene rings is 1. The van der Waals surface area contributed by atoms with Gasteiger partial charge in [-0.2, -0.15) is 0 Å². The first-order valence-corrected chi connectivity index (χ1v) is 5.02. The minimum atomic E-state index is -0.320. The summed E-state index contributed by atoms with van der Waals surface area (Å²) in [5.41, 5.74) is 0.751. The molecule has 0 radical (unpaired) electrons. The minimum Gasteiger partial charge on any atom is -0.350 e. The highest BCUT2D eigenvalue weighted by molar-refractivity contribution is 9.10. The van der Waals surface area contributed by atoms with Gasteiger partial charge in [0.05, 0.1) is 10.5 Å². The molecule has 0 heterocycles. The Morgan fingerprint density at radius 2 is 2.21 bits per heavy atom. The molecule has 4 heteroatoms. The number of rotatable bonds is 2. The van der Waals surface area contributed by atoms with Crippen molar-refractivity contribution in [1.29, 1.82) is 0 Å². The Bertz CT molecular complexity index is 354. The number of hydrogen-bond acceptors (Lipinski definition) is 1. The first-order valence-electron chi connectivity index (χ1n) is 4.22. The van der Waals surface area contributed by atoms with Crippen LogP contribution in [-0.2, 0) is 4.79 Å². The zero-order chi connectivity index (χ0) is 10.7. The molecule has 0 spiro atoms. The van der Waals surface area contributed by atoms with Crippen molar-refractivity contribution in [3.05, 3.63) is 34.1 Å². The highest BCUT2D eigenvalue weighted by Crippen LogP contribution is 2.20. The Balaban J connectivity index is 2.85. The van der Waals surface area contributed by atoms with E-state index in [1.807, 2.05) is 6.92 Å². The summed E-state index contributed by atoms with van der Waals surface area (Å²) < 4.78 is 13.5. The zero-order valence-electron chi connectivity index (χ0n) is 7.97. The van der Waals surface area contributed by atoms with E-state index in [0.717, 1.165) is 5.56 Å². The second kappa shape index (κ2) is 4.55.